The Balaban J connectivity index is 2.61. The summed E-state index contributed by atoms with van der Waals surface area (Å²) in [6.45, 7) is 0. The smallest absolute Gasteiger partial charge is 0.188 e. The summed E-state index contributed by atoms with van der Waals surface area (Å²) in [7, 11) is 0. The lowest BCUT2D eigenvalue weighted by molar-refractivity contribution is 0.397. The minimum Gasteiger partial charge on any atom is -0.503 e. The third kappa shape index (κ3) is 1.37. The molecule has 0 fully saturated rings. The molecule has 0 bridgehead atoms. The molecule has 71 valence electrons. The van der Waals surface area contributed by atoms with Crippen LogP contribution in [0.1, 0.15) is 0 Å². The molecule has 0 saturated carbocycles. The first kappa shape index (κ1) is 9.15. The quantitative estimate of drug-likeness (QED) is 0.768. The van der Waals surface area contributed by atoms with Crippen molar-refractivity contribution in [1.82, 2.24) is 0 Å². The number of aromatic hydroxyl groups is 1. The van der Waals surface area contributed by atoms with Crippen molar-refractivity contribution >= 4 is 11.3 Å². The van der Waals surface area contributed by atoms with E-state index in [2.05, 4.69) is 5.38 Å². The van der Waals surface area contributed by atoms with E-state index in [1.807, 2.05) is 0 Å². The van der Waals surface area contributed by atoms with Gasteiger partial charge in [0.25, 0.3) is 0 Å². The summed E-state index contributed by atoms with van der Waals surface area (Å²) in [5.41, 5.74) is 0.190. The second-order valence-electron chi connectivity index (χ2n) is 2.68. The third-order valence-corrected chi connectivity index (χ3v) is 2.63. The van der Waals surface area contributed by atoms with E-state index in [0.29, 0.717) is 4.88 Å². The molecule has 1 aromatic carbocycles. The fourth-order valence-corrected chi connectivity index (χ4v) is 1.78. The van der Waals surface area contributed by atoms with E-state index in [9.17, 15) is 8.78 Å². The molecule has 0 aliphatic carbocycles. The number of halogens is 2. The fourth-order valence-electron chi connectivity index (χ4n) is 1.12. The Morgan fingerprint density at radius 2 is 2.00 bits per heavy atom. The monoisotopic (exact) mass is 211 g/mol. The van der Waals surface area contributed by atoms with Crippen LogP contribution in [0.3, 0.4) is 0 Å². The molecule has 0 saturated heterocycles. The average Bonchev–Trinajstić information content (AvgIpc) is 2.67. The lowest BCUT2D eigenvalue weighted by Gasteiger charge is -2.02. The van der Waals surface area contributed by atoms with Crippen molar-refractivity contribution in [2.45, 2.75) is 0 Å². The molecule has 0 aliphatic heterocycles. The van der Waals surface area contributed by atoms with E-state index in [1.54, 1.807) is 12.1 Å². The minimum atomic E-state index is -0.952. The Bertz CT molecular complexity index is 451. The largest absolute Gasteiger partial charge is 0.503 e. The summed E-state index contributed by atoms with van der Waals surface area (Å²) < 4.78 is 26.0. The predicted octanol–water partition coefficient (Wildman–Crippen LogP) is 3.20. The Labute approximate surface area is 83.3 Å². The van der Waals surface area contributed by atoms with E-state index >= 15 is 0 Å². The second-order valence-corrected chi connectivity index (χ2v) is 3.55. The van der Waals surface area contributed by atoms with Crippen molar-refractivity contribution in [2.24, 2.45) is 0 Å². The third-order valence-electron chi connectivity index (χ3n) is 1.80. The van der Waals surface area contributed by atoms with Gasteiger partial charge in [0.1, 0.15) is 0 Å². The molecule has 1 N–H and O–H groups in total. The molecule has 0 atom stereocenters. The average molecular weight is 211 g/mol. The summed E-state index contributed by atoms with van der Waals surface area (Å²) >= 11 is 1.21. The number of hydrogen-bond donors (Lipinski definition) is 1. The van der Waals surface area contributed by atoms with Crippen LogP contribution in [0, 0.1) is 17.0 Å². The van der Waals surface area contributed by atoms with Gasteiger partial charge in [-0.1, -0.05) is 0 Å². The van der Waals surface area contributed by atoms with Crippen LogP contribution in [0.4, 0.5) is 8.78 Å². The number of phenols is 1. The molecule has 2 rings (SSSR count). The molecule has 14 heavy (non-hydrogen) atoms. The van der Waals surface area contributed by atoms with E-state index in [-0.39, 0.29) is 5.56 Å². The minimum absolute atomic E-state index is 0.190. The molecule has 1 nitrogen and oxygen atoms in total. The lowest BCUT2D eigenvalue weighted by Crippen LogP contribution is -1.86. The zero-order chi connectivity index (χ0) is 10.1. The van der Waals surface area contributed by atoms with Gasteiger partial charge in [-0.3, -0.25) is 0 Å². The zero-order valence-corrected chi connectivity index (χ0v) is 7.74. The zero-order valence-electron chi connectivity index (χ0n) is 6.92. The highest BCUT2D eigenvalue weighted by Crippen LogP contribution is 2.32. The van der Waals surface area contributed by atoms with Crippen LogP contribution in [-0.4, -0.2) is 5.11 Å². The topological polar surface area (TPSA) is 20.2 Å². The maximum atomic E-state index is 13.3. The van der Waals surface area contributed by atoms with E-state index in [4.69, 9.17) is 5.11 Å². The Hall–Kier alpha value is -1.42. The van der Waals surface area contributed by atoms with Crippen molar-refractivity contribution in [2.75, 3.05) is 0 Å². The number of thiophene rings is 1. The molecule has 1 heterocycles. The molecule has 1 aromatic heterocycles. The van der Waals surface area contributed by atoms with Gasteiger partial charge in [-0.2, -0.15) is 0 Å². The van der Waals surface area contributed by atoms with Crippen LogP contribution in [0.25, 0.3) is 10.4 Å². The molecule has 2 aromatic rings. The van der Waals surface area contributed by atoms with Gasteiger partial charge in [-0.15, -0.1) is 11.3 Å². The van der Waals surface area contributed by atoms with Crippen LogP contribution in [-0.2, 0) is 0 Å². The van der Waals surface area contributed by atoms with Crippen LogP contribution in [0.2, 0.25) is 0 Å². The van der Waals surface area contributed by atoms with Crippen molar-refractivity contribution in [3.05, 3.63) is 41.3 Å². The number of hydrogen-bond acceptors (Lipinski definition) is 2. The summed E-state index contributed by atoms with van der Waals surface area (Å²) in [6.07, 6.45) is 0. The maximum Gasteiger partial charge on any atom is 0.188 e. The highest BCUT2D eigenvalue weighted by atomic mass is 32.1. The summed E-state index contributed by atoms with van der Waals surface area (Å²) in [5.74, 6) is -2.82. The van der Waals surface area contributed by atoms with Crippen molar-refractivity contribution in [3.63, 3.8) is 0 Å². The molecular weight excluding hydrogens is 206 g/mol. The molecular formula is C10H5F2OS. The molecule has 0 unspecified atom stereocenters. The highest BCUT2D eigenvalue weighted by molar-refractivity contribution is 7.13. The Morgan fingerprint density at radius 3 is 2.64 bits per heavy atom. The Kier molecular flexibility index (Phi) is 2.21. The van der Waals surface area contributed by atoms with Crippen molar-refractivity contribution < 1.29 is 13.9 Å². The van der Waals surface area contributed by atoms with E-state index in [0.717, 1.165) is 6.07 Å². The summed E-state index contributed by atoms with van der Waals surface area (Å²) in [5, 5.41) is 11.8. The molecule has 0 aliphatic rings. The number of rotatable bonds is 1. The SMILES string of the molecule is Oc1c(F)ccc(-c2cc[c]s2)c1F. The fraction of sp³-hybridized carbons (Fsp3) is 0. The van der Waals surface area contributed by atoms with Gasteiger partial charge in [0.05, 0.1) is 0 Å². The predicted molar refractivity (Wildman–Crippen MR) is 50.2 cm³/mol. The first-order valence-corrected chi connectivity index (χ1v) is 4.65. The van der Waals surface area contributed by atoms with Crippen molar-refractivity contribution in [3.8, 4) is 16.2 Å². The van der Waals surface area contributed by atoms with Gasteiger partial charge < -0.3 is 5.11 Å². The van der Waals surface area contributed by atoms with Gasteiger partial charge in [0.2, 0.25) is 0 Å². The van der Waals surface area contributed by atoms with Crippen LogP contribution in [0.15, 0.2) is 24.3 Å². The molecule has 4 heteroatoms. The van der Waals surface area contributed by atoms with Crippen molar-refractivity contribution in [1.29, 1.82) is 0 Å². The van der Waals surface area contributed by atoms with Gasteiger partial charge in [-0.25, -0.2) is 8.78 Å². The number of benzene rings is 1. The van der Waals surface area contributed by atoms with Crippen LogP contribution in [0.5, 0.6) is 5.75 Å². The first-order chi connectivity index (χ1) is 6.70. The molecule has 0 spiro atoms. The highest BCUT2D eigenvalue weighted by Gasteiger charge is 2.13. The van der Waals surface area contributed by atoms with E-state index in [1.165, 1.54) is 17.4 Å². The van der Waals surface area contributed by atoms with Gasteiger partial charge in [0.15, 0.2) is 17.4 Å². The van der Waals surface area contributed by atoms with Gasteiger partial charge in [0, 0.05) is 15.8 Å². The Morgan fingerprint density at radius 1 is 1.21 bits per heavy atom. The standard InChI is InChI=1S/C10H5F2OS/c11-7-4-3-6(9(12)10(7)13)8-2-1-5-14-8/h1-4,13H. The normalized spacial score (nSPS) is 10.4. The van der Waals surface area contributed by atoms with Gasteiger partial charge >= 0.3 is 0 Å². The summed E-state index contributed by atoms with van der Waals surface area (Å²) in [6, 6.07) is 5.62. The summed E-state index contributed by atoms with van der Waals surface area (Å²) in [4.78, 5) is 0.609. The second kappa shape index (κ2) is 3.38. The first-order valence-electron chi connectivity index (χ1n) is 3.83. The van der Waals surface area contributed by atoms with E-state index < -0.39 is 17.4 Å². The number of phenolic OH excluding ortho intramolecular Hbond substituents is 1. The maximum absolute atomic E-state index is 13.3. The van der Waals surface area contributed by atoms with Crippen LogP contribution >= 0.6 is 11.3 Å². The lowest BCUT2D eigenvalue weighted by atomic mass is 10.1. The molecule has 1 radical (unpaired) electrons. The van der Waals surface area contributed by atoms with Gasteiger partial charge in [-0.05, 0) is 24.3 Å². The molecule has 0 amide bonds. The van der Waals surface area contributed by atoms with Crippen LogP contribution < -0.4 is 0 Å².